The molecule has 0 fully saturated rings. The third-order valence-electron chi connectivity index (χ3n) is 3.75. The lowest BCUT2D eigenvalue weighted by molar-refractivity contribution is 0.0954. The molecule has 0 saturated carbocycles. The van der Waals surface area contributed by atoms with Gasteiger partial charge in [-0.05, 0) is 18.1 Å². The van der Waals surface area contributed by atoms with E-state index >= 15 is 0 Å². The second-order valence-corrected chi connectivity index (χ2v) is 6.41. The van der Waals surface area contributed by atoms with E-state index in [2.05, 4.69) is 10.3 Å². The van der Waals surface area contributed by atoms with Gasteiger partial charge in [-0.25, -0.2) is 4.98 Å². The van der Waals surface area contributed by atoms with Gasteiger partial charge < -0.3 is 10.4 Å². The van der Waals surface area contributed by atoms with Crippen molar-refractivity contribution in [1.29, 1.82) is 0 Å². The third-order valence-corrected chi connectivity index (χ3v) is 4.96. The molecule has 3 rings (SSSR count). The van der Waals surface area contributed by atoms with Crippen LogP contribution in [0.1, 0.15) is 26.5 Å². The first kappa shape index (κ1) is 16.4. The molecule has 3 aromatic rings. The number of rotatable bonds is 5. The van der Waals surface area contributed by atoms with Crippen molar-refractivity contribution in [1.82, 2.24) is 10.3 Å². The van der Waals surface area contributed by atoms with Gasteiger partial charge in [0, 0.05) is 12.1 Å². The van der Waals surface area contributed by atoms with Crippen LogP contribution in [0.5, 0.6) is 0 Å². The summed E-state index contributed by atoms with van der Waals surface area (Å²) in [6.07, 6.45) is 0. The fourth-order valence-corrected chi connectivity index (χ4v) is 3.44. The third kappa shape index (κ3) is 3.53. The van der Waals surface area contributed by atoms with E-state index in [0.29, 0.717) is 11.4 Å². The fourth-order valence-electron chi connectivity index (χ4n) is 2.45. The van der Waals surface area contributed by atoms with Crippen molar-refractivity contribution in [3.63, 3.8) is 0 Å². The Bertz CT molecular complexity index is 844. The van der Waals surface area contributed by atoms with Gasteiger partial charge in [0.1, 0.15) is 9.88 Å². The van der Waals surface area contributed by atoms with Gasteiger partial charge in [-0.1, -0.05) is 54.6 Å². The van der Waals surface area contributed by atoms with Crippen LogP contribution in [-0.4, -0.2) is 16.0 Å². The predicted octanol–water partition coefficient (Wildman–Crippen LogP) is 3.54. The first-order chi connectivity index (χ1) is 11.7. The van der Waals surface area contributed by atoms with Crippen molar-refractivity contribution in [2.75, 3.05) is 0 Å². The van der Waals surface area contributed by atoms with Gasteiger partial charge in [0.25, 0.3) is 5.91 Å². The summed E-state index contributed by atoms with van der Waals surface area (Å²) in [6, 6.07) is 17.4. The minimum atomic E-state index is -0.139. The number of aliphatic hydroxyl groups excluding tert-OH is 1. The first-order valence-corrected chi connectivity index (χ1v) is 8.49. The van der Waals surface area contributed by atoms with Crippen LogP contribution in [0, 0.1) is 6.92 Å². The predicted molar refractivity (Wildman–Crippen MR) is 95.8 cm³/mol. The first-order valence-electron chi connectivity index (χ1n) is 7.67. The quantitative estimate of drug-likeness (QED) is 0.748. The zero-order valence-corrected chi connectivity index (χ0v) is 14.1. The van der Waals surface area contributed by atoms with Gasteiger partial charge in [0.15, 0.2) is 0 Å². The highest BCUT2D eigenvalue weighted by molar-refractivity contribution is 7.17. The molecular formula is C19H18N2O2S. The van der Waals surface area contributed by atoms with Crippen LogP contribution in [0.4, 0.5) is 0 Å². The number of nitrogens with one attached hydrogen (secondary N) is 1. The lowest BCUT2D eigenvalue weighted by Crippen LogP contribution is -2.23. The number of hydrogen-bond donors (Lipinski definition) is 2. The zero-order chi connectivity index (χ0) is 16.9. The molecular weight excluding hydrogens is 320 g/mol. The van der Waals surface area contributed by atoms with Crippen LogP contribution in [0.25, 0.3) is 10.6 Å². The minimum absolute atomic E-state index is 0.0379. The Morgan fingerprint density at radius 3 is 2.46 bits per heavy atom. The highest BCUT2D eigenvalue weighted by Crippen LogP contribution is 2.27. The smallest absolute Gasteiger partial charge is 0.263 e. The number of nitrogens with zero attached hydrogens (tertiary/aromatic N) is 1. The Morgan fingerprint density at radius 1 is 1.08 bits per heavy atom. The molecule has 1 aromatic heterocycles. The van der Waals surface area contributed by atoms with Crippen molar-refractivity contribution in [3.05, 3.63) is 76.3 Å². The SMILES string of the molecule is Cc1nc(-c2ccccc2)sc1C(=O)NCc1ccccc1CO. The summed E-state index contributed by atoms with van der Waals surface area (Å²) in [4.78, 5) is 17.6. The summed E-state index contributed by atoms with van der Waals surface area (Å²) in [5, 5.41) is 13.1. The molecule has 0 radical (unpaired) electrons. The molecule has 4 nitrogen and oxygen atoms in total. The van der Waals surface area contributed by atoms with E-state index in [1.807, 2.05) is 61.5 Å². The van der Waals surface area contributed by atoms with Crippen LogP contribution in [-0.2, 0) is 13.2 Å². The summed E-state index contributed by atoms with van der Waals surface area (Å²) in [5.74, 6) is -0.139. The summed E-state index contributed by atoms with van der Waals surface area (Å²) >= 11 is 1.39. The van der Waals surface area contributed by atoms with Crippen LogP contribution < -0.4 is 5.32 Å². The van der Waals surface area contributed by atoms with Gasteiger partial charge >= 0.3 is 0 Å². The Labute approximate surface area is 144 Å². The molecule has 0 bridgehead atoms. The summed E-state index contributed by atoms with van der Waals surface area (Å²) in [6.45, 7) is 2.19. The topological polar surface area (TPSA) is 62.2 Å². The molecule has 0 unspecified atom stereocenters. The Kier molecular flexibility index (Phi) is 5.03. The standard InChI is InChI=1S/C19H18N2O2S/c1-13-17(24-19(21-13)14-7-3-2-4-8-14)18(23)20-11-15-9-5-6-10-16(15)12-22/h2-10,22H,11-12H2,1H3,(H,20,23). The molecule has 0 aliphatic heterocycles. The van der Waals surface area contributed by atoms with E-state index in [0.717, 1.165) is 27.4 Å². The van der Waals surface area contributed by atoms with Crippen molar-refractivity contribution < 1.29 is 9.90 Å². The highest BCUT2D eigenvalue weighted by Gasteiger charge is 2.16. The number of thiazole rings is 1. The number of aliphatic hydroxyl groups is 1. The average Bonchev–Trinajstić information content (AvgIpc) is 3.02. The molecule has 24 heavy (non-hydrogen) atoms. The molecule has 1 amide bonds. The molecule has 5 heteroatoms. The maximum atomic E-state index is 12.5. The second kappa shape index (κ2) is 7.38. The number of hydrogen-bond acceptors (Lipinski definition) is 4. The number of benzene rings is 2. The average molecular weight is 338 g/mol. The largest absolute Gasteiger partial charge is 0.392 e. The lowest BCUT2D eigenvalue weighted by Gasteiger charge is -2.08. The number of carbonyl (C=O) groups is 1. The van der Waals surface area contributed by atoms with E-state index in [1.54, 1.807) is 0 Å². The molecule has 1 heterocycles. The molecule has 0 aliphatic rings. The number of carbonyl (C=O) groups excluding carboxylic acids is 1. The van der Waals surface area contributed by atoms with Crippen LogP contribution >= 0.6 is 11.3 Å². The summed E-state index contributed by atoms with van der Waals surface area (Å²) in [5.41, 5.74) is 3.48. The van der Waals surface area contributed by atoms with Crippen LogP contribution in [0.15, 0.2) is 54.6 Å². The van der Waals surface area contributed by atoms with Crippen molar-refractivity contribution >= 4 is 17.2 Å². The van der Waals surface area contributed by atoms with Crippen molar-refractivity contribution in [2.24, 2.45) is 0 Å². The summed E-state index contributed by atoms with van der Waals surface area (Å²) < 4.78 is 0. The Hall–Kier alpha value is -2.50. The molecule has 0 atom stereocenters. The van der Waals surface area contributed by atoms with Gasteiger partial charge in [0.2, 0.25) is 0 Å². The highest BCUT2D eigenvalue weighted by atomic mass is 32.1. The number of aromatic nitrogens is 1. The minimum Gasteiger partial charge on any atom is -0.392 e. The molecule has 0 aliphatic carbocycles. The van der Waals surface area contributed by atoms with Gasteiger partial charge in [-0.15, -0.1) is 11.3 Å². The van der Waals surface area contributed by atoms with Crippen molar-refractivity contribution in [2.45, 2.75) is 20.1 Å². The maximum absolute atomic E-state index is 12.5. The molecule has 122 valence electrons. The van der Waals surface area contributed by atoms with E-state index < -0.39 is 0 Å². The number of amides is 1. The molecule has 0 spiro atoms. The van der Waals surface area contributed by atoms with Crippen LogP contribution in [0.2, 0.25) is 0 Å². The van der Waals surface area contributed by atoms with E-state index in [1.165, 1.54) is 11.3 Å². The van der Waals surface area contributed by atoms with Crippen LogP contribution in [0.3, 0.4) is 0 Å². The van der Waals surface area contributed by atoms with Gasteiger partial charge in [-0.3, -0.25) is 4.79 Å². The van der Waals surface area contributed by atoms with Gasteiger partial charge in [0.05, 0.1) is 12.3 Å². The van der Waals surface area contributed by atoms with Gasteiger partial charge in [-0.2, -0.15) is 0 Å². The molecule has 2 N–H and O–H groups in total. The van der Waals surface area contributed by atoms with Crippen molar-refractivity contribution in [3.8, 4) is 10.6 Å². The maximum Gasteiger partial charge on any atom is 0.263 e. The molecule has 0 saturated heterocycles. The fraction of sp³-hybridized carbons (Fsp3) is 0.158. The lowest BCUT2D eigenvalue weighted by atomic mass is 10.1. The van der Waals surface area contributed by atoms with E-state index in [9.17, 15) is 9.90 Å². The molecule has 2 aromatic carbocycles. The van der Waals surface area contributed by atoms with E-state index in [-0.39, 0.29) is 12.5 Å². The number of aryl methyl sites for hydroxylation is 1. The Morgan fingerprint density at radius 2 is 1.75 bits per heavy atom. The zero-order valence-electron chi connectivity index (χ0n) is 13.3. The monoisotopic (exact) mass is 338 g/mol. The van der Waals surface area contributed by atoms with E-state index in [4.69, 9.17) is 0 Å². The Balaban J connectivity index is 1.75. The second-order valence-electron chi connectivity index (χ2n) is 5.41. The summed E-state index contributed by atoms with van der Waals surface area (Å²) in [7, 11) is 0. The normalized spacial score (nSPS) is 10.6.